The molecule has 1 saturated heterocycles. The van der Waals surface area contributed by atoms with Crippen LogP contribution < -0.4 is 15.8 Å². The first-order chi connectivity index (χ1) is 20.0. The van der Waals surface area contributed by atoms with Gasteiger partial charge in [0.15, 0.2) is 5.65 Å². The molecule has 0 radical (unpaired) electrons. The van der Waals surface area contributed by atoms with Crippen molar-refractivity contribution in [3.63, 3.8) is 0 Å². The number of aromatic nitrogens is 4. The third-order valence-corrected chi connectivity index (χ3v) is 6.84. The molecule has 1 fully saturated rings. The lowest BCUT2D eigenvalue weighted by Crippen LogP contribution is -2.40. The number of nitrogen functional groups attached to an aromatic ring is 1. The number of amides is 2. The molecule has 2 aromatic heterocycles. The minimum absolute atomic E-state index is 0.0292. The molecule has 0 saturated carbocycles. The molecular formula is C28H25F4N7O3. The summed E-state index contributed by atoms with van der Waals surface area (Å²) < 4.78 is 57.2. The lowest BCUT2D eigenvalue weighted by molar-refractivity contribution is -0.274. The van der Waals surface area contributed by atoms with Gasteiger partial charge in [0.2, 0.25) is 5.91 Å². The summed E-state index contributed by atoms with van der Waals surface area (Å²) >= 11 is 0. The second-order valence-electron chi connectivity index (χ2n) is 9.60. The van der Waals surface area contributed by atoms with Crippen molar-refractivity contribution < 1.29 is 31.9 Å². The SMILES string of the molecule is C=CC(=O)N1CCCC(n2nc(-c3ccc(CNC(=O)c4cc(OC(F)(F)F)ccc4F)cc3)c3c(N)ncnc32)C1. The molecule has 3 N–H and O–H groups in total. The van der Waals surface area contributed by atoms with Crippen LogP contribution in [0.3, 0.4) is 0 Å². The molecule has 2 amide bonds. The monoisotopic (exact) mass is 583 g/mol. The molecule has 42 heavy (non-hydrogen) atoms. The summed E-state index contributed by atoms with van der Waals surface area (Å²) in [5.41, 5.74) is 8.03. The van der Waals surface area contributed by atoms with Crippen molar-refractivity contribution in [2.75, 3.05) is 18.8 Å². The van der Waals surface area contributed by atoms with E-state index in [-0.39, 0.29) is 24.3 Å². The van der Waals surface area contributed by atoms with Crippen molar-refractivity contribution in [1.82, 2.24) is 30.0 Å². The van der Waals surface area contributed by atoms with Gasteiger partial charge in [-0.25, -0.2) is 19.0 Å². The number of piperidine rings is 1. The quantitative estimate of drug-likeness (QED) is 0.244. The zero-order valence-corrected chi connectivity index (χ0v) is 22.1. The minimum atomic E-state index is -4.98. The molecule has 1 aliphatic rings. The standard InChI is InChI=1S/C28H25F4N7O3/c1-2-22(40)38-11-3-4-18(14-38)39-26-23(25(33)35-15-36-26)24(37-39)17-7-5-16(6-8-17)13-34-27(41)20-12-19(9-10-21(20)29)42-28(30,31)32/h2,5-10,12,15,18H,1,3-4,11,13-14H2,(H,34,41)(H2,33,35,36). The van der Waals surface area contributed by atoms with Crippen molar-refractivity contribution in [3.8, 4) is 17.0 Å². The van der Waals surface area contributed by atoms with E-state index in [0.717, 1.165) is 25.0 Å². The van der Waals surface area contributed by atoms with Crippen molar-refractivity contribution in [1.29, 1.82) is 0 Å². The van der Waals surface area contributed by atoms with Gasteiger partial charge in [-0.2, -0.15) is 5.10 Å². The first-order valence-corrected chi connectivity index (χ1v) is 12.9. The van der Waals surface area contributed by atoms with Crippen molar-refractivity contribution >= 4 is 28.7 Å². The van der Waals surface area contributed by atoms with Crippen LogP contribution in [0.4, 0.5) is 23.4 Å². The van der Waals surface area contributed by atoms with Crippen LogP contribution in [0.2, 0.25) is 0 Å². The largest absolute Gasteiger partial charge is 0.573 e. The number of likely N-dealkylation sites (tertiary alicyclic amines) is 1. The Bertz CT molecular complexity index is 1650. The molecule has 1 atom stereocenters. The first-order valence-electron chi connectivity index (χ1n) is 12.9. The van der Waals surface area contributed by atoms with Crippen LogP contribution >= 0.6 is 0 Å². The fourth-order valence-electron chi connectivity index (χ4n) is 4.87. The number of halogens is 4. The average Bonchev–Trinajstić information content (AvgIpc) is 3.37. The van der Waals surface area contributed by atoms with Crippen LogP contribution in [0.25, 0.3) is 22.3 Å². The number of nitrogens with one attached hydrogen (secondary N) is 1. The number of alkyl halides is 3. The maximum Gasteiger partial charge on any atom is 0.573 e. The van der Waals surface area contributed by atoms with Crippen LogP contribution in [-0.2, 0) is 11.3 Å². The van der Waals surface area contributed by atoms with Crippen LogP contribution in [0, 0.1) is 5.82 Å². The number of ether oxygens (including phenoxy) is 1. The normalized spacial score (nSPS) is 15.4. The number of carbonyl (C=O) groups is 2. The van der Waals surface area contributed by atoms with E-state index in [4.69, 9.17) is 10.8 Å². The van der Waals surface area contributed by atoms with Gasteiger partial charge in [0.1, 0.15) is 29.4 Å². The highest BCUT2D eigenvalue weighted by Gasteiger charge is 2.32. The number of carbonyl (C=O) groups excluding carboxylic acids is 2. The molecule has 218 valence electrons. The van der Waals surface area contributed by atoms with Gasteiger partial charge in [0, 0.05) is 25.2 Å². The molecule has 4 aromatic rings. The molecule has 1 unspecified atom stereocenters. The maximum atomic E-state index is 14.1. The number of hydrogen-bond donors (Lipinski definition) is 2. The van der Waals surface area contributed by atoms with E-state index in [1.807, 2.05) is 0 Å². The molecule has 10 nitrogen and oxygen atoms in total. The smallest absolute Gasteiger partial charge is 0.406 e. The van der Waals surface area contributed by atoms with Gasteiger partial charge in [-0.05, 0) is 42.7 Å². The molecule has 0 spiro atoms. The second kappa shape index (κ2) is 11.5. The van der Waals surface area contributed by atoms with Crippen molar-refractivity contribution in [2.24, 2.45) is 0 Å². The summed E-state index contributed by atoms with van der Waals surface area (Å²) in [4.78, 5) is 35.0. The topological polar surface area (TPSA) is 128 Å². The number of hydrogen-bond acceptors (Lipinski definition) is 7. The van der Waals surface area contributed by atoms with Gasteiger partial charge < -0.3 is 20.7 Å². The fourth-order valence-corrected chi connectivity index (χ4v) is 4.87. The zero-order valence-electron chi connectivity index (χ0n) is 22.1. The molecule has 0 aliphatic carbocycles. The number of rotatable bonds is 7. The van der Waals surface area contributed by atoms with Crippen LogP contribution in [0.15, 0.2) is 61.4 Å². The fraction of sp³-hybridized carbons (Fsp3) is 0.250. The molecular weight excluding hydrogens is 558 g/mol. The minimum Gasteiger partial charge on any atom is -0.406 e. The number of fused-ring (bicyclic) bond motifs is 1. The molecule has 14 heteroatoms. The second-order valence-corrected chi connectivity index (χ2v) is 9.60. The maximum absolute atomic E-state index is 14.1. The Labute approximate surface area is 236 Å². The highest BCUT2D eigenvalue weighted by molar-refractivity contribution is 5.98. The number of anilines is 1. The van der Waals surface area contributed by atoms with Crippen LogP contribution in [-0.4, -0.2) is 55.9 Å². The molecule has 0 bridgehead atoms. The van der Waals surface area contributed by atoms with Crippen molar-refractivity contribution in [3.05, 3.63) is 78.4 Å². The third kappa shape index (κ3) is 6.01. The van der Waals surface area contributed by atoms with E-state index in [1.54, 1.807) is 33.8 Å². The third-order valence-electron chi connectivity index (χ3n) is 6.84. The van der Waals surface area contributed by atoms with E-state index in [9.17, 15) is 27.2 Å². The predicted molar refractivity (Wildman–Crippen MR) is 144 cm³/mol. The Hall–Kier alpha value is -5.01. The first kappa shape index (κ1) is 28.5. The van der Waals surface area contributed by atoms with E-state index < -0.39 is 29.4 Å². The highest BCUT2D eigenvalue weighted by Crippen LogP contribution is 2.34. The predicted octanol–water partition coefficient (Wildman–Crippen LogP) is 4.39. The van der Waals surface area contributed by atoms with E-state index in [0.29, 0.717) is 47.0 Å². The van der Waals surface area contributed by atoms with Gasteiger partial charge in [0.05, 0.1) is 17.0 Å². The number of nitrogens with zero attached hydrogens (tertiary/aromatic N) is 5. The Morgan fingerprint density at radius 2 is 1.93 bits per heavy atom. The summed E-state index contributed by atoms with van der Waals surface area (Å²) in [7, 11) is 0. The zero-order chi connectivity index (χ0) is 30.0. The molecule has 2 aromatic carbocycles. The summed E-state index contributed by atoms with van der Waals surface area (Å²) in [5.74, 6) is -2.52. The number of benzene rings is 2. The van der Waals surface area contributed by atoms with Crippen LogP contribution in [0.1, 0.15) is 34.8 Å². The molecule has 1 aliphatic heterocycles. The molecule has 5 rings (SSSR count). The summed E-state index contributed by atoms with van der Waals surface area (Å²) in [6.45, 7) is 4.61. The highest BCUT2D eigenvalue weighted by atomic mass is 19.4. The van der Waals surface area contributed by atoms with E-state index in [1.165, 1.54) is 12.4 Å². The van der Waals surface area contributed by atoms with Crippen LogP contribution in [0.5, 0.6) is 5.75 Å². The lowest BCUT2D eigenvalue weighted by Gasteiger charge is -2.32. The van der Waals surface area contributed by atoms with Crippen molar-refractivity contribution in [2.45, 2.75) is 31.8 Å². The Kier molecular flexibility index (Phi) is 7.79. The summed E-state index contributed by atoms with van der Waals surface area (Å²) in [6, 6.07) is 9.00. The average molecular weight is 584 g/mol. The van der Waals surface area contributed by atoms with Gasteiger partial charge in [-0.3, -0.25) is 9.59 Å². The van der Waals surface area contributed by atoms with E-state index in [2.05, 4.69) is 26.6 Å². The van der Waals surface area contributed by atoms with E-state index >= 15 is 0 Å². The summed E-state index contributed by atoms with van der Waals surface area (Å²) in [6.07, 6.45) is -0.771. The Morgan fingerprint density at radius 3 is 2.64 bits per heavy atom. The Balaban J connectivity index is 1.35. The van der Waals surface area contributed by atoms with Gasteiger partial charge in [-0.15, -0.1) is 13.2 Å². The molecule has 3 heterocycles. The summed E-state index contributed by atoms with van der Waals surface area (Å²) in [5, 5.41) is 7.87. The van der Waals surface area contributed by atoms with Gasteiger partial charge in [-0.1, -0.05) is 30.8 Å². The van der Waals surface area contributed by atoms with Gasteiger partial charge in [0.25, 0.3) is 5.91 Å². The Morgan fingerprint density at radius 1 is 1.17 bits per heavy atom. The lowest BCUT2D eigenvalue weighted by atomic mass is 10.1. The van der Waals surface area contributed by atoms with Gasteiger partial charge >= 0.3 is 6.36 Å². The number of nitrogens with two attached hydrogens (primary N) is 1.